The fourth-order valence-electron chi connectivity index (χ4n) is 9.72. The van der Waals surface area contributed by atoms with Crippen molar-refractivity contribution in [3.8, 4) is 0 Å². The van der Waals surface area contributed by atoms with E-state index in [2.05, 4.69) is 74.2 Å². The van der Waals surface area contributed by atoms with Gasteiger partial charge in [0.1, 0.15) is 0 Å². The average molecular weight is 485 g/mol. The zero-order chi connectivity index (χ0) is 25.1. The predicted octanol–water partition coefficient (Wildman–Crippen LogP) is 9.95. The highest BCUT2D eigenvalue weighted by molar-refractivity contribution is 6.69. The first kappa shape index (κ1) is 26.7. The second kappa shape index (κ2) is 9.20. The molecule has 4 rings (SSSR count). The van der Waals surface area contributed by atoms with Crippen molar-refractivity contribution < 1.29 is 4.43 Å². The van der Waals surface area contributed by atoms with Gasteiger partial charge in [-0.3, -0.25) is 0 Å². The first-order valence-electron chi connectivity index (χ1n) is 14.7. The lowest BCUT2D eigenvalue weighted by Crippen LogP contribution is -2.56. The smallest absolute Gasteiger partial charge is 0.184 e. The molecule has 2 heteroatoms. The van der Waals surface area contributed by atoms with Gasteiger partial charge < -0.3 is 4.43 Å². The molecule has 1 nitrogen and oxygen atoms in total. The molecule has 1 unspecified atom stereocenters. The van der Waals surface area contributed by atoms with E-state index in [0.717, 1.165) is 23.7 Å². The van der Waals surface area contributed by atoms with Gasteiger partial charge in [0.25, 0.3) is 0 Å². The van der Waals surface area contributed by atoms with Gasteiger partial charge in [0.15, 0.2) is 8.32 Å². The van der Waals surface area contributed by atoms with Crippen LogP contribution in [0.2, 0.25) is 19.6 Å². The standard InChI is InChI=1S/C32H56OSi/c1-22(2)12-11-13-23(3)25-15-16-26-24-14-17-28-30(4,5)29(33-34(8,9)10)19-21-32(28,7)27(24)18-20-31(25,26)6/h12,23,25-26,28-29H,11,13-21H2,1-10H3/t23-,25-,26+,28+,29?,31-,32-/m1/s1. The highest BCUT2D eigenvalue weighted by atomic mass is 28.4. The topological polar surface area (TPSA) is 9.23 Å². The van der Waals surface area contributed by atoms with E-state index in [1.165, 1.54) is 69.8 Å². The van der Waals surface area contributed by atoms with Crippen LogP contribution in [0.4, 0.5) is 0 Å². The van der Waals surface area contributed by atoms with Gasteiger partial charge >= 0.3 is 0 Å². The molecule has 0 aliphatic heterocycles. The number of hydrogen-bond acceptors (Lipinski definition) is 1. The summed E-state index contributed by atoms with van der Waals surface area (Å²) >= 11 is 0. The zero-order valence-corrected chi connectivity index (χ0v) is 25.4. The Morgan fingerprint density at radius 3 is 2.35 bits per heavy atom. The molecule has 34 heavy (non-hydrogen) atoms. The van der Waals surface area contributed by atoms with Gasteiger partial charge in [0, 0.05) is 0 Å². The van der Waals surface area contributed by atoms with Gasteiger partial charge in [-0.05, 0) is 138 Å². The van der Waals surface area contributed by atoms with Crippen LogP contribution in [0, 0.1) is 39.9 Å². The number of allylic oxidation sites excluding steroid dienone is 4. The van der Waals surface area contributed by atoms with Gasteiger partial charge in [-0.15, -0.1) is 0 Å². The van der Waals surface area contributed by atoms with Crippen molar-refractivity contribution in [2.45, 2.75) is 138 Å². The van der Waals surface area contributed by atoms with Gasteiger partial charge in [-0.2, -0.15) is 0 Å². The van der Waals surface area contributed by atoms with Gasteiger partial charge in [-0.1, -0.05) is 57.4 Å². The summed E-state index contributed by atoms with van der Waals surface area (Å²) in [5, 5.41) is 0. The SMILES string of the molecule is CC(C)=CCC[C@@H](C)[C@H]1CC[C@H]2C3=C(CC[C@]12C)[C@@]1(C)CCC(O[Si](C)(C)C)C(C)(C)[C@@H]1CC3. The molecule has 0 saturated heterocycles. The Morgan fingerprint density at radius 2 is 1.71 bits per heavy atom. The summed E-state index contributed by atoms with van der Waals surface area (Å²) in [6.07, 6.45) is 16.6. The van der Waals surface area contributed by atoms with Crippen LogP contribution in [0.1, 0.15) is 113 Å². The van der Waals surface area contributed by atoms with Crippen LogP contribution in [-0.2, 0) is 4.43 Å². The first-order valence-corrected chi connectivity index (χ1v) is 18.1. The minimum atomic E-state index is -1.53. The molecule has 0 spiro atoms. The van der Waals surface area contributed by atoms with E-state index in [0.29, 0.717) is 16.9 Å². The Morgan fingerprint density at radius 1 is 1.00 bits per heavy atom. The minimum absolute atomic E-state index is 0.282. The molecule has 0 aromatic rings. The summed E-state index contributed by atoms with van der Waals surface area (Å²) in [5.74, 6) is 3.41. The van der Waals surface area contributed by atoms with E-state index in [1.807, 2.05) is 11.1 Å². The summed E-state index contributed by atoms with van der Waals surface area (Å²) in [4.78, 5) is 0. The van der Waals surface area contributed by atoms with Crippen molar-refractivity contribution in [1.82, 2.24) is 0 Å². The second-order valence-electron chi connectivity index (χ2n) is 15.2. The Bertz CT molecular complexity index is 824. The fraction of sp³-hybridized carbons (Fsp3) is 0.875. The van der Waals surface area contributed by atoms with Crippen molar-refractivity contribution in [3.63, 3.8) is 0 Å². The minimum Gasteiger partial charge on any atom is -0.414 e. The van der Waals surface area contributed by atoms with Gasteiger partial charge in [-0.25, -0.2) is 0 Å². The monoisotopic (exact) mass is 484 g/mol. The molecule has 0 aromatic heterocycles. The molecule has 4 aliphatic rings. The molecule has 0 N–H and O–H groups in total. The molecule has 4 aliphatic carbocycles. The lowest BCUT2D eigenvalue weighted by molar-refractivity contribution is -0.0849. The van der Waals surface area contributed by atoms with E-state index in [-0.39, 0.29) is 5.41 Å². The summed E-state index contributed by atoms with van der Waals surface area (Å²) < 4.78 is 6.82. The third-order valence-corrected chi connectivity index (χ3v) is 12.3. The van der Waals surface area contributed by atoms with Crippen molar-refractivity contribution in [2.24, 2.45) is 39.9 Å². The normalized spacial score (nSPS) is 40.3. The van der Waals surface area contributed by atoms with Crippen LogP contribution in [0.5, 0.6) is 0 Å². The van der Waals surface area contributed by atoms with Crippen LogP contribution >= 0.6 is 0 Å². The van der Waals surface area contributed by atoms with Gasteiger partial charge in [0.05, 0.1) is 6.10 Å². The number of fused-ring (bicyclic) bond motifs is 4. The van der Waals surface area contributed by atoms with Crippen LogP contribution in [0.15, 0.2) is 22.8 Å². The molecule has 0 bridgehead atoms. The van der Waals surface area contributed by atoms with E-state index >= 15 is 0 Å². The Labute approximate surface area is 213 Å². The van der Waals surface area contributed by atoms with E-state index in [4.69, 9.17) is 4.43 Å². The maximum atomic E-state index is 6.82. The van der Waals surface area contributed by atoms with Crippen LogP contribution in [0.3, 0.4) is 0 Å². The summed E-state index contributed by atoms with van der Waals surface area (Å²) in [7, 11) is -1.53. The van der Waals surface area contributed by atoms with Gasteiger partial charge in [0.2, 0.25) is 0 Å². The average Bonchev–Trinajstić information content (AvgIpc) is 3.06. The Kier molecular flexibility index (Phi) is 7.22. The number of rotatable bonds is 6. The van der Waals surface area contributed by atoms with Crippen molar-refractivity contribution in [1.29, 1.82) is 0 Å². The zero-order valence-electron chi connectivity index (χ0n) is 24.4. The summed E-state index contributed by atoms with van der Waals surface area (Å²) in [6, 6.07) is 0. The molecule has 194 valence electrons. The molecule has 0 heterocycles. The lowest BCUT2D eigenvalue weighted by atomic mass is 9.46. The van der Waals surface area contributed by atoms with Crippen LogP contribution in [-0.4, -0.2) is 14.4 Å². The molecular formula is C32H56OSi. The van der Waals surface area contributed by atoms with E-state index in [1.54, 1.807) is 0 Å². The summed E-state index contributed by atoms with van der Waals surface area (Å²) in [6.45, 7) is 24.7. The molecular weight excluding hydrogens is 428 g/mol. The molecule has 0 radical (unpaired) electrons. The Balaban J connectivity index is 1.57. The van der Waals surface area contributed by atoms with Crippen molar-refractivity contribution in [2.75, 3.05) is 0 Å². The van der Waals surface area contributed by atoms with E-state index in [9.17, 15) is 0 Å². The third kappa shape index (κ3) is 4.57. The maximum Gasteiger partial charge on any atom is 0.184 e. The number of hydrogen-bond donors (Lipinski definition) is 0. The maximum absolute atomic E-state index is 6.82. The molecule has 7 atom stereocenters. The van der Waals surface area contributed by atoms with E-state index < -0.39 is 8.32 Å². The molecule has 2 fully saturated rings. The molecule has 0 aromatic carbocycles. The van der Waals surface area contributed by atoms with Crippen molar-refractivity contribution in [3.05, 3.63) is 22.8 Å². The van der Waals surface area contributed by atoms with Crippen LogP contribution in [0.25, 0.3) is 0 Å². The molecule has 2 saturated carbocycles. The first-order chi connectivity index (χ1) is 15.7. The van der Waals surface area contributed by atoms with Crippen LogP contribution < -0.4 is 0 Å². The third-order valence-electron chi connectivity index (χ3n) is 11.3. The highest BCUT2D eigenvalue weighted by Crippen LogP contribution is 2.68. The quantitative estimate of drug-likeness (QED) is 0.269. The fourth-order valence-corrected chi connectivity index (χ4v) is 11.0. The largest absolute Gasteiger partial charge is 0.414 e. The highest BCUT2D eigenvalue weighted by Gasteiger charge is 2.59. The Hall–Kier alpha value is -0.343. The molecule has 0 amide bonds. The lowest BCUT2D eigenvalue weighted by Gasteiger charge is -2.61. The second-order valence-corrected chi connectivity index (χ2v) is 19.6. The van der Waals surface area contributed by atoms with Crippen molar-refractivity contribution >= 4 is 8.32 Å². The summed E-state index contributed by atoms with van der Waals surface area (Å²) in [5.41, 5.74) is 6.60. The predicted molar refractivity (Wildman–Crippen MR) is 150 cm³/mol.